The summed E-state index contributed by atoms with van der Waals surface area (Å²) in [6.07, 6.45) is 4.53. The van der Waals surface area contributed by atoms with Gasteiger partial charge in [0, 0.05) is 30.1 Å². The first-order valence-electron chi connectivity index (χ1n) is 6.91. The summed E-state index contributed by atoms with van der Waals surface area (Å²) >= 11 is 1.48. The number of nitrogens with zero attached hydrogens (tertiary/aromatic N) is 3. The molecule has 0 aromatic carbocycles. The molecule has 1 aliphatic rings. The third-order valence-corrected chi connectivity index (χ3v) is 4.48. The van der Waals surface area contributed by atoms with Gasteiger partial charge in [0.1, 0.15) is 11.3 Å². The van der Waals surface area contributed by atoms with Gasteiger partial charge in [0.05, 0.1) is 6.61 Å². The van der Waals surface area contributed by atoms with E-state index in [9.17, 15) is 4.79 Å². The van der Waals surface area contributed by atoms with Crippen molar-refractivity contribution < 1.29 is 9.53 Å². The minimum absolute atomic E-state index is 0.170. The number of hydrogen-bond acceptors (Lipinski definition) is 5. The van der Waals surface area contributed by atoms with Crippen LogP contribution < -0.4 is 5.73 Å². The van der Waals surface area contributed by atoms with E-state index in [4.69, 9.17) is 10.5 Å². The fraction of sp³-hybridized carbons (Fsp3) is 0.500. The molecule has 1 amide bonds. The van der Waals surface area contributed by atoms with Gasteiger partial charge in [-0.25, -0.2) is 9.97 Å². The highest BCUT2D eigenvalue weighted by molar-refractivity contribution is 7.98. The highest BCUT2D eigenvalue weighted by Crippen LogP contribution is 2.32. The van der Waals surface area contributed by atoms with Crippen LogP contribution in [0.2, 0.25) is 0 Å². The van der Waals surface area contributed by atoms with E-state index < -0.39 is 5.91 Å². The lowest BCUT2D eigenvalue weighted by Crippen LogP contribution is -2.31. The number of rotatable bonds is 3. The maximum absolute atomic E-state index is 11.8. The number of carbonyl (C=O) groups is 1. The van der Waals surface area contributed by atoms with E-state index in [-0.39, 0.29) is 6.04 Å². The summed E-state index contributed by atoms with van der Waals surface area (Å²) in [7, 11) is 0. The predicted octanol–water partition coefficient (Wildman–Crippen LogP) is 1.85. The Kier molecular flexibility index (Phi) is 3.86. The Morgan fingerprint density at radius 3 is 3.05 bits per heavy atom. The maximum atomic E-state index is 11.8. The van der Waals surface area contributed by atoms with E-state index in [1.54, 1.807) is 12.3 Å². The molecule has 112 valence electrons. The molecule has 7 heteroatoms. The van der Waals surface area contributed by atoms with E-state index in [0.717, 1.165) is 17.5 Å². The molecule has 21 heavy (non-hydrogen) atoms. The van der Waals surface area contributed by atoms with Gasteiger partial charge in [0.2, 0.25) is 0 Å². The Morgan fingerprint density at radius 1 is 1.57 bits per heavy atom. The molecule has 3 heterocycles. The van der Waals surface area contributed by atoms with Gasteiger partial charge >= 0.3 is 0 Å². The number of amides is 1. The van der Waals surface area contributed by atoms with E-state index in [1.165, 1.54) is 11.8 Å². The molecule has 0 radical (unpaired) electrons. The number of aromatic nitrogens is 3. The van der Waals surface area contributed by atoms with Crippen molar-refractivity contribution in [2.45, 2.75) is 24.5 Å². The first-order chi connectivity index (χ1) is 10.1. The number of carbonyl (C=O) groups excluding carboxylic acids is 1. The lowest BCUT2D eigenvalue weighted by molar-refractivity contribution is 0.0290. The molecule has 0 aliphatic carbocycles. The van der Waals surface area contributed by atoms with Gasteiger partial charge in [-0.3, -0.25) is 4.79 Å². The van der Waals surface area contributed by atoms with Crippen LogP contribution in [0, 0.1) is 5.92 Å². The molecule has 1 saturated heterocycles. The first kappa shape index (κ1) is 14.3. The van der Waals surface area contributed by atoms with Gasteiger partial charge in [-0.15, -0.1) is 0 Å². The molecule has 2 atom stereocenters. The van der Waals surface area contributed by atoms with Gasteiger partial charge in [-0.2, -0.15) is 0 Å². The Balaban J connectivity index is 2.20. The van der Waals surface area contributed by atoms with Gasteiger partial charge in [0.25, 0.3) is 5.91 Å². The van der Waals surface area contributed by atoms with Crippen molar-refractivity contribution in [1.29, 1.82) is 0 Å². The third kappa shape index (κ3) is 2.51. The zero-order chi connectivity index (χ0) is 15.0. The Morgan fingerprint density at radius 2 is 2.38 bits per heavy atom. The number of primary amides is 1. The average Bonchev–Trinajstić information content (AvgIpc) is 2.86. The minimum atomic E-state index is -0.433. The molecule has 0 spiro atoms. The topological polar surface area (TPSA) is 83.0 Å². The normalized spacial score (nSPS) is 22.6. The molecular formula is C14H18N4O2S. The van der Waals surface area contributed by atoms with Gasteiger partial charge in [-0.1, -0.05) is 18.7 Å². The van der Waals surface area contributed by atoms with Crippen LogP contribution in [-0.4, -0.2) is 39.9 Å². The van der Waals surface area contributed by atoms with E-state index in [0.29, 0.717) is 30.0 Å². The Labute approximate surface area is 127 Å². The number of hydrogen-bond donors (Lipinski definition) is 1. The average molecular weight is 306 g/mol. The van der Waals surface area contributed by atoms with Crippen molar-refractivity contribution in [3.05, 3.63) is 18.0 Å². The molecule has 1 fully saturated rings. The van der Waals surface area contributed by atoms with E-state index in [2.05, 4.69) is 16.9 Å². The van der Waals surface area contributed by atoms with Crippen molar-refractivity contribution in [3.63, 3.8) is 0 Å². The van der Waals surface area contributed by atoms with Crippen LogP contribution in [0.3, 0.4) is 0 Å². The number of nitrogens with two attached hydrogens (primary N) is 1. The van der Waals surface area contributed by atoms with E-state index in [1.807, 2.05) is 10.8 Å². The van der Waals surface area contributed by atoms with Crippen molar-refractivity contribution in [1.82, 2.24) is 14.5 Å². The molecular weight excluding hydrogens is 288 g/mol. The fourth-order valence-corrected chi connectivity index (χ4v) is 3.20. The number of fused-ring (bicyclic) bond motifs is 1. The zero-order valence-corrected chi connectivity index (χ0v) is 12.9. The maximum Gasteiger partial charge on any atom is 0.265 e. The fourth-order valence-electron chi connectivity index (χ4n) is 2.87. The lowest BCUT2D eigenvalue weighted by Gasteiger charge is -2.31. The molecule has 6 nitrogen and oxygen atoms in total. The number of ether oxygens (including phenoxy) is 1. The first-order valence-corrected chi connectivity index (χ1v) is 8.13. The van der Waals surface area contributed by atoms with Crippen LogP contribution in [0.1, 0.15) is 29.9 Å². The van der Waals surface area contributed by atoms with Gasteiger partial charge in [0.15, 0.2) is 5.16 Å². The summed E-state index contributed by atoms with van der Waals surface area (Å²) in [5.74, 6) is -0.127. The Hall–Kier alpha value is -1.60. The SMILES string of the molecule is CSc1ncc2cc(C(N)=O)n(C3CCOCC3C)c2n1. The molecule has 2 unspecified atom stereocenters. The summed E-state index contributed by atoms with van der Waals surface area (Å²) in [4.78, 5) is 20.6. The van der Waals surface area contributed by atoms with Crippen LogP contribution in [0.15, 0.2) is 17.4 Å². The van der Waals surface area contributed by atoms with Gasteiger partial charge < -0.3 is 15.0 Å². The van der Waals surface area contributed by atoms with Crippen LogP contribution in [0.25, 0.3) is 11.0 Å². The second kappa shape index (κ2) is 5.65. The smallest absolute Gasteiger partial charge is 0.265 e. The second-order valence-electron chi connectivity index (χ2n) is 5.31. The van der Waals surface area contributed by atoms with Crippen LogP contribution in [0.5, 0.6) is 0 Å². The van der Waals surface area contributed by atoms with Crippen molar-refractivity contribution in [3.8, 4) is 0 Å². The minimum Gasteiger partial charge on any atom is -0.381 e. The summed E-state index contributed by atoms with van der Waals surface area (Å²) in [6.45, 7) is 3.49. The monoisotopic (exact) mass is 306 g/mol. The molecule has 3 rings (SSSR count). The standard InChI is InChI=1S/C14H18N4O2S/c1-8-7-20-4-3-10(8)18-11(12(15)19)5-9-6-16-14(21-2)17-13(9)18/h5-6,8,10H,3-4,7H2,1-2H3,(H2,15,19). The van der Waals surface area contributed by atoms with E-state index >= 15 is 0 Å². The largest absolute Gasteiger partial charge is 0.381 e. The Bertz CT molecular complexity index is 685. The summed E-state index contributed by atoms with van der Waals surface area (Å²) in [5, 5.41) is 1.54. The molecule has 0 saturated carbocycles. The molecule has 2 aromatic heterocycles. The number of thioether (sulfide) groups is 1. The zero-order valence-electron chi connectivity index (χ0n) is 12.1. The molecule has 2 aromatic rings. The second-order valence-corrected chi connectivity index (χ2v) is 6.08. The summed E-state index contributed by atoms with van der Waals surface area (Å²) in [5.41, 5.74) is 6.83. The molecule has 0 bridgehead atoms. The van der Waals surface area contributed by atoms with Crippen LogP contribution in [-0.2, 0) is 4.74 Å². The third-order valence-electron chi connectivity index (χ3n) is 3.92. The quantitative estimate of drug-likeness (QED) is 0.691. The van der Waals surface area contributed by atoms with Crippen LogP contribution in [0.4, 0.5) is 0 Å². The summed E-state index contributed by atoms with van der Waals surface area (Å²) in [6, 6.07) is 1.95. The summed E-state index contributed by atoms with van der Waals surface area (Å²) < 4.78 is 7.48. The van der Waals surface area contributed by atoms with Crippen molar-refractivity contribution in [2.24, 2.45) is 11.7 Å². The highest BCUT2D eigenvalue weighted by Gasteiger charge is 2.28. The van der Waals surface area contributed by atoms with Crippen molar-refractivity contribution >= 4 is 28.7 Å². The molecule has 2 N–H and O–H groups in total. The lowest BCUT2D eigenvalue weighted by atomic mass is 9.97. The van der Waals surface area contributed by atoms with Gasteiger partial charge in [-0.05, 0) is 18.7 Å². The predicted molar refractivity (Wildman–Crippen MR) is 81.5 cm³/mol. The van der Waals surface area contributed by atoms with Crippen LogP contribution >= 0.6 is 11.8 Å². The molecule has 1 aliphatic heterocycles. The van der Waals surface area contributed by atoms with Crippen molar-refractivity contribution in [2.75, 3.05) is 19.5 Å². The highest BCUT2D eigenvalue weighted by atomic mass is 32.2.